The molecule has 0 aliphatic rings. The molecule has 0 aliphatic heterocycles. The molecular weight excluding hydrogens is 260 g/mol. The van der Waals surface area contributed by atoms with Gasteiger partial charge in [0.1, 0.15) is 5.75 Å². The van der Waals surface area contributed by atoms with Crippen molar-refractivity contribution in [2.45, 2.75) is 19.8 Å². The molecule has 110 valence electrons. The van der Waals surface area contributed by atoms with E-state index in [1.165, 1.54) is 19.2 Å². The molecule has 4 N–H and O–H groups in total. The molecule has 0 fully saturated rings. The molecule has 1 aromatic rings. The number of hydrogen-bond acceptors (Lipinski definition) is 4. The van der Waals surface area contributed by atoms with Gasteiger partial charge in [-0.15, -0.1) is 0 Å². The lowest BCUT2D eigenvalue weighted by Crippen LogP contribution is -2.17. The number of aromatic carboxylic acids is 1. The molecule has 6 nitrogen and oxygen atoms in total. The monoisotopic (exact) mass is 280 g/mol. The fourth-order valence-corrected chi connectivity index (χ4v) is 1.64. The van der Waals surface area contributed by atoms with Gasteiger partial charge < -0.3 is 20.9 Å². The highest BCUT2D eigenvalue weighted by molar-refractivity contribution is 6.00. The van der Waals surface area contributed by atoms with Crippen LogP contribution in [0.15, 0.2) is 18.2 Å². The first kappa shape index (κ1) is 16.0. The number of anilines is 1. The smallest absolute Gasteiger partial charge is 0.337 e. The van der Waals surface area contributed by atoms with Crippen LogP contribution in [-0.2, 0) is 4.79 Å². The highest BCUT2D eigenvalue weighted by Crippen LogP contribution is 2.22. The molecular formula is C14H20N2O4. The maximum atomic E-state index is 11.8. The molecule has 1 amide bonds. The van der Waals surface area contributed by atoms with E-state index in [2.05, 4.69) is 5.32 Å². The molecule has 0 aromatic heterocycles. The Labute approximate surface area is 117 Å². The molecule has 1 atom stereocenters. The minimum atomic E-state index is -1.12. The highest BCUT2D eigenvalue weighted by Gasteiger charge is 2.14. The van der Waals surface area contributed by atoms with E-state index in [-0.39, 0.29) is 23.1 Å². The van der Waals surface area contributed by atoms with Crippen LogP contribution in [0.5, 0.6) is 5.75 Å². The number of hydrogen-bond donors (Lipinski definition) is 3. The number of rotatable bonds is 7. The first-order chi connectivity index (χ1) is 9.47. The van der Waals surface area contributed by atoms with Gasteiger partial charge in [-0.25, -0.2) is 4.79 Å². The second kappa shape index (κ2) is 7.49. The SMILES string of the molecule is COc1ccc(NC(=O)CCC(C)CN)c(C(=O)O)c1. The molecule has 0 heterocycles. The summed E-state index contributed by atoms with van der Waals surface area (Å²) in [6, 6.07) is 4.50. The lowest BCUT2D eigenvalue weighted by molar-refractivity contribution is -0.116. The van der Waals surface area contributed by atoms with Crippen LogP contribution in [0.2, 0.25) is 0 Å². The van der Waals surface area contributed by atoms with Crippen LogP contribution < -0.4 is 15.8 Å². The Bertz CT molecular complexity index is 488. The van der Waals surface area contributed by atoms with E-state index >= 15 is 0 Å². The molecule has 0 aliphatic carbocycles. The summed E-state index contributed by atoms with van der Waals surface area (Å²) in [5.74, 6) is -0.653. The van der Waals surface area contributed by atoms with E-state index in [1.54, 1.807) is 6.07 Å². The average Bonchev–Trinajstić information content (AvgIpc) is 2.44. The highest BCUT2D eigenvalue weighted by atomic mass is 16.5. The molecule has 20 heavy (non-hydrogen) atoms. The standard InChI is InChI=1S/C14H20N2O4/c1-9(8-15)3-6-13(17)16-12-5-4-10(20-2)7-11(12)14(18)19/h4-5,7,9H,3,6,8,15H2,1-2H3,(H,16,17)(H,18,19). The normalized spacial score (nSPS) is 11.8. The number of carbonyl (C=O) groups excluding carboxylic acids is 1. The van der Waals surface area contributed by atoms with Gasteiger partial charge in [-0.2, -0.15) is 0 Å². The molecule has 6 heteroatoms. The van der Waals surface area contributed by atoms with Gasteiger partial charge in [0.2, 0.25) is 5.91 Å². The van der Waals surface area contributed by atoms with Crippen LogP contribution in [0.1, 0.15) is 30.1 Å². The van der Waals surface area contributed by atoms with Gasteiger partial charge in [0.25, 0.3) is 0 Å². The van der Waals surface area contributed by atoms with Crippen molar-refractivity contribution in [3.63, 3.8) is 0 Å². The van der Waals surface area contributed by atoms with E-state index in [0.717, 1.165) is 0 Å². The van der Waals surface area contributed by atoms with E-state index in [0.29, 0.717) is 25.1 Å². The molecule has 0 saturated heterocycles. The topological polar surface area (TPSA) is 102 Å². The third-order valence-electron chi connectivity index (χ3n) is 3.00. The van der Waals surface area contributed by atoms with Crippen molar-refractivity contribution >= 4 is 17.6 Å². The van der Waals surface area contributed by atoms with Gasteiger partial charge in [-0.1, -0.05) is 6.92 Å². The molecule has 1 aromatic carbocycles. The summed E-state index contributed by atoms with van der Waals surface area (Å²) in [7, 11) is 1.45. The van der Waals surface area contributed by atoms with Crippen molar-refractivity contribution in [3.05, 3.63) is 23.8 Å². The van der Waals surface area contributed by atoms with Crippen molar-refractivity contribution in [1.82, 2.24) is 0 Å². The predicted molar refractivity (Wildman–Crippen MR) is 76.0 cm³/mol. The third kappa shape index (κ3) is 4.55. The molecule has 1 rings (SSSR count). The minimum Gasteiger partial charge on any atom is -0.497 e. The van der Waals surface area contributed by atoms with Gasteiger partial charge in [0.15, 0.2) is 0 Å². The van der Waals surface area contributed by atoms with E-state index in [9.17, 15) is 9.59 Å². The third-order valence-corrected chi connectivity index (χ3v) is 3.00. The summed E-state index contributed by atoms with van der Waals surface area (Å²) >= 11 is 0. The maximum absolute atomic E-state index is 11.8. The minimum absolute atomic E-state index is 0.00423. The van der Waals surface area contributed by atoms with Crippen LogP contribution in [0.25, 0.3) is 0 Å². The second-order valence-corrected chi connectivity index (χ2v) is 4.64. The van der Waals surface area contributed by atoms with Crippen LogP contribution >= 0.6 is 0 Å². The number of carboxylic acid groups (broad SMARTS) is 1. The van der Waals surface area contributed by atoms with Gasteiger partial charge in [0.05, 0.1) is 18.4 Å². The zero-order valence-electron chi connectivity index (χ0n) is 11.7. The number of carbonyl (C=O) groups is 2. The molecule has 0 spiro atoms. The van der Waals surface area contributed by atoms with Crippen molar-refractivity contribution in [3.8, 4) is 5.75 Å². The lowest BCUT2D eigenvalue weighted by Gasteiger charge is -2.11. The number of amides is 1. The lowest BCUT2D eigenvalue weighted by atomic mass is 10.1. The first-order valence-corrected chi connectivity index (χ1v) is 6.39. The van der Waals surface area contributed by atoms with E-state index < -0.39 is 5.97 Å². The van der Waals surface area contributed by atoms with E-state index in [1.807, 2.05) is 6.92 Å². The fraction of sp³-hybridized carbons (Fsp3) is 0.429. The van der Waals surface area contributed by atoms with Crippen molar-refractivity contribution in [2.75, 3.05) is 19.0 Å². The largest absolute Gasteiger partial charge is 0.497 e. The summed E-state index contributed by atoms with van der Waals surface area (Å²) in [4.78, 5) is 22.9. The van der Waals surface area contributed by atoms with Crippen molar-refractivity contribution in [2.24, 2.45) is 11.7 Å². The van der Waals surface area contributed by atoms with Crippen LogP contribution in [-0.4, -0.2) is 30.6 Å². The number of nitrogens with two attached hydrogens (primary N) is 1. The molecule has 0 saturated carbocycles. The number of benzene rings is 1. The number of carboxylic acids is 1. The molecule has 1 unspecified atom stereocenters. The van der Waals surface area contributed by atoms with Crippen molar-refractivity contribution in [1.29, 1.82) is 0 Å². The Morgan fingerprint density at radius 1 is 1.45 bits per heavy atom. The second-order valence-electron chi connectivity index (χ2n) is 4.64. The van der Waals surface area contributed by atoms with E-state index in [4.69, 9.17) is 15.6 Å². The van der Waals surface area contributed by atoms with Crippen molar-refractivity contribution < 1.29 is 19.4 Å². The Hall–Kier alpha value is -2.08. The first-order valence-electron chi connectivity index (χ1n) is 6.39. The Balaban J connectivity index is 2.76. The van der Waals surface area contributed by atoms with Crippen LogP contribution in [0.3, 0.4) is 0 Å². The van der Waals surface area contributed by atoms with Gasteiger partial charge in [-0.05, 0) is 37.1 Å². The van der Waals surface area contributed by atoms with Crippen LogP contribution in [0.4, 0.5) is 5.69 Å². The predicted octanol–water partition coefficient (Wildman–Crippen LogP) is 1.71. The molecule has 0 bridgehead atoms. The number of nitrogens with one attached hydrogen (secondary N) is 1. The quantitative estimate of drug-likeness (QED) is 0.705. The summed E-state index contributed by atoms with van der Waals surface area (Å²) in [6.45, 7) is 2.49. The Morgan fingerprint density at radius 3 is 2.70 bits per heavy atom. The summed E-state index contributed by atoms with van der Waals surface area (Å²) in [5.41, 5.74) is 5.75. The Morgan fingerprint density at radius 2 is 2.15 bits per heavy atom. The molecule has 0 radical (unpaired) electrons. The summed E-state index contributed by atoms with van der Waals surface area (Å²) in [5, 5.41) is 11.7. The van der Waals surface area contributed by atoms with Gasteiger partial charge in [0, 0.05) is 6.42 Å². The van der Waals surface area contributed by atoms with Gasteiger partial charge >= 0.3 is 5.97 Å². The fourth-order valence-electron chi connectivity index (χ4n) is 1.64. The zero-order chi connectivity index (χ0) is 15.1. The summed E-state index contributed by atoms with van der Waals surface area (Å²) in [6.07, 6.45) is 0.977. The van der Waals surface area contributed by atoms with Gasteiger partial charge in [-0.3, -0.25) is 4.79 Å². The average molecular weight is 280 g/mol. The zero-order valence-corrected chi connectivity index (χ0v) is 11.7. The Kier molecular flexibility index (Phi) is 5.99. The number of methoxy groups -OCH3 is 1. The van der Waals surface area contributed by atoms with Crippen LogP contribution in [0, 0.1) is 5.92 Å². The summed E-state index contributed by atoms with van der Waals surface area (Å²) < 4.78 is 4.97. The maximum Gasteiger partial charge on any atom is 0.337 e. The number of ether oxygens (including phenoxy) is 1.